The van der Waals surface area contributed by atoms with Crippen molar-refractivity contribution >= 4 is 11.5 Å². The summed E-state index contributed by atoms with van der Waals surface area (Å²) in [5.41, 5.74) is 2.31. The summed E-state index contributed by atoms with van der Waals surface area (Å²) in [6.07, 6.45) is -1.81. The van der Waals surface area contributed by atoms with E-state index in [0.29, 0.717) is 43.2 Å². The monoisotopic (exact) mass is 637 g/mol. The minimum Gasteiger partial charge on any atom is -0.490 e. The molecule has 4 heterocycles. The molecule has 0 spiro atoms. The second-order valence-electron chi connectivity index (χ2n) is 11.6. The van der Waals surface area contributed by atoms with Crippen molar-refractivity contribution in [1.29, 1.82) is 0 Å². The fourth-order valence-corrected chi connectivity index (χ4v) is 6.26. The van der Waals surface area contributed by atoms with Gasteiger partial charge >= 0.3 is 18.2 Å². The predicted molar refractivity (Wildman–Crippen MR) is 159 cm³/mol. The summed E-state index contributed by atoms with van der Waals surface area (Å²) in [5.74, 6) is 1.23. The number of hydrogen-bond acceptors (Lipinski definition) is 9. The number of alkyl halides is 3. The molecular formula is C32H30F3N5O6. The molecule has 2 fully saturated rings. The second-order valence-corrected chi connectivity index (χ2v) is 11.6. The molecule has 2 saturated heterocycles. The average Bonchev–Trinajstić information content (AvgIpc) is 3.76. The van der Waals surface area contributed by atoms with Gasteiger partial charge in [0.05, 0.1) is 0 Å². The third kappa shape index (κ3) is 6.66. The molecule has 3 aliphatic heterocycles. The lowest BCUT2D eigenvalue weighted by Gasteiger charge is -2.35. The quantitative estimate of drug-likeness (QED) is 0.149. The third-order valence-electron chi connectivity index (χ3n) is 8.44. The van der Waals surface area contributed by atoms with Gasteiger partial charge in [0, 0.05) is 55.4 Å². The smallest absolute Gasteiger partial charge is 0.490 e. The van der Waals surface area contributed by atoms with Gasteiger partial charge in [-0.2, -0.15) is 0 Å². The van der Waals surface area contributed by atoms with Crippen molar-refractivity contribution in [3.05, 3.63) is 94.7 Å². The number of anilines is 1. The summed E-state index contributed by atoms with van der Waals surface area (Å²) in [6, 6.07) is 22.2. The van der Waals surface area contributed by atoms with Crippen LogP contribution in [0.2, 0.25) is 0 Å². The van der Waals surface area contributed by atoms with Crippen LogP contribution < -0.4 is 23.8 Å². The van der Waals surface area contributed by atoms with Gasteiger partial charge in [0.1, 0.15) is 41.9 Å². The standard InChI is InChI=1S/C32H30F3N5O6/c33-32(34,35)46-28-11-9-27(10-12-28)44-26-5-1-21(2-6-26)16-38-17-24-15-23(38)18-39(24)22-3-7-25(8-4-22)43-20-29-13-14-37-19-30(40(41)42)36-31(37)45-29/h1-12,19,23-24,29H,13-18,20H2/t23?,24?,29-/m0/s1. The normalized spacial score (nSPS) is 20.7. The number of benzene rings is 3. The van der Waals surface area contributed by atoms with Crippen LogP contribution in [0.25, 0.3) is 0 Å². The van der Waals surface area contributed by atoms with Gasteiger partial charge in [-0.15, -0.1) is 13.2 Å². The molecule has 0 radical (unpaired) electrons. The van der Waals surface area contributed by atoms with Crippen molar-refractivity contribution < 1.29 is 37.0 Å². The van der Waals surface area contributed by atoms with E-state index in [0.717, 1.165) is 43.1 Å². The molecule has 0 saturated carbocycles. The minimum absolute atomic E-state index is 0.221. The minimum atomic E-state index is -4.73. The van der Waals surface area contributed by atoms with E-state index in [9.17, 15) is 23.3 Å². The van der Waals surface area contributed by atoms with E-state index in [2.05, 4.69) is 31.7 Å². The number of fused-ring (bicyclic) bond motifs is 3. The van der Waals surface area contributed by atoms with E-state index in [1.807, 2.05) is 36.4 Å². The number of likely N-dealkylation sites (tertiary alicyclic amines) is 1. The number of aromatic nitrogens is 2. The van der Waals surface area contributed by atoms with Gasteiger partial charge in [-0.25, -0.2) is 0 Å². The zero-order valence-corrected chi connectivity index (χ0v) is 24.5. The number of halogens is 3. The predicted octanol–water partition coefficient (Wildman–Crippen LogP) is 6.18. The van der Waals surface area contributed by atoms with E-state index < -0.39 is 11.3 Å². The highest BCUT2D eigenvalue weighted by atomic mass is 19.4. The maximum Gasteiger partial charge on any atom is 0.573 e. The van der Waals surface area contributed by atoms with Gasteiger partial charge in [-0.3, -0.25) is 9.47 Å². The molecule has 11 nitrogen and oxygen atoms in total. The fourth-order valence-electron chi connectivity index (χ4n) is 6.26. The average molecular weight is 638 g/mol. The van der Waals surface area contributed by atoms with Crippen molar-refractivity contribution in [2.75, 3.05) is 24.6 Å². The Morgan fingerprint density at radius 1 is 0.913 bits per heavy atom. The Morgan fingerprint density at radius 2 is 1.59 bits per heavy atom. The topological polar surface area (TPSA) is 104 Å². The molecule has 2 bridgehead atoms. The zero-order valence-electron chi connectivity index (χ0n) is 24.5. The summed E-state index contributed by atoms with van der Waals surface area (Å²) in [5, 5.41) is 11.0. The van der Waals surface area contributed by atoms with Gasteiger partial charge in [0.2, 0.25) is 0 Å². The van der Waals surface area contributed by atoms with E-state index >= 15 is 0 Å². The summed E-state index contributed by atoms with van der Waals surface area (Å²) >= 11 is 0. The first kappa shape index (κ1) is 29.7. The van der Waals surface area contributed by atoms with E-state index in [1.54, 1.807) is 4.57 Å². The van der Waals surface area contributed by atoms with Gasteiger partial charge in [0.25, 0.3) is 0 Å². The molecule has 3 aromatic carbocycles. The number of piperazine rings is 1. The SMILES string of the molecule is O=[N+]([O-])c1cn2c(n1)O[C@H](COc1ccc(N3CC4CC3CN4Cc3ccc(Oc4ccc(OC(F)(F)F)cc4)cc3)cc1)CC2. The first-order chi connectivity index (χ1) is 22.1. The number of nitrogens with zero attached hydrogens (tertiary/aromatic N) is 5. The first-order valence-corrected chi connectivity index (χ1v) is 14.9. The highest BCUT2D eigenvalue weighted by Crippen LogP contribution is 2.36. The van der Waals surface area contributed by atoms with Crippen molar-refractivity contribution in [3.8, 4) is 29.0 Å². The van der Waals surface area contributed by atoms with Crippen LogP contribution in [0, 0.1) is 10.1 Å². The van der Waals surface area contributed by atoms with Gasteiger partial charge in [-0.1, -0.05) is 12.1 Å². The number of imidazole rings is 1. The maximum atomic E-state index is 12.4. The van der Waals surface area contributed by atoms with Crippen LogP contribution >= 0.6 is 0 Å². The van der Waals surface area contributed by atoms with Crippen LogP contribution in [-0.2, 0) is 13.1 Å². The van der Waals surface area contributed by atoms with Gasteiger partial charge < -0.3 is 34.0 Å². The summed E-state index contributed by atoms with van der Waals surface area (Å²) < 4.78 is 60.2. The van der Waals surface area contributed by atoms with E-state index in [1.165, 1.54) is 30.5 Å². The second kappa shape index (κ2) is 12.1. The molecule has 4 aromatic rings. The van der Waals surface area contributed by atoms with E-state index in [4.69, 9.17) is 14.2 Å². The molecule has 1 aromatic heterocycles. The Bertz CT molecular complexity index is 1680. The highest BCUT2D eigenvalue weighted by molar-refractivity contribution is 5.52. The van der Waals surface area contributed by atoms with Crippen LogP contribution in [0.3, 0.4) is 0 Å². The first-order valence-electron chi connectivity index (χ1n) is 14.9. The van der Waals surface area contributed by atoms with Crippen molar-refractivity contribution in [1.82, 2.24) is 14.5 Å². The van der Waals surface area contributed by atoms with Crippen LogP contribution in [0.5, 0.6) is 29.0 Å². The van der Waals surface area contributed by atoms with Crippen molar-refractivity contribution in [3.63, 3.8) is 0 Å². The van der Waals surface area contributed by atoms with Crippen LogP contribution in [-0.4, -0.2) is 63.6 Å². The molecule has 14 heteroatoms. The molecule has 2 unspecified atom stereocenters. The Morgan fingerprint density at radius 3 is 2.24 bits per heavy atom. The van der Waals surface area contributed by atoms with Crippen LogP contribution in [0.4, 0.5) is 24.7 Å². The molecule has 46 heavy (non-hydrogen) atoms. The van der Waals surface area contributed by atoms with E-state index in [-0.39, 0.29) is 23.7 Å². The van der Waals surface area contributed by atoms with Crippen LogP contribution in [0.15, 0.2) is 79.0 Å². The largest absolute Gasteiger partial charge is 0.573 e. The number of ether oxygens (including phenoxy) is 4. The Balaban J connectivity index is 0.869. The molecule has 7 rings (SSSR count). The highest BCUT2D eigenvalue weighted by Gasteiger charge is 2.43. The molecule has 3 aliphatic rings. The van der Waals surface area contributed by atoms with Gasteiger partial charge in [-0.05, 0) is 77.6 Å². The number of aryl methyl sites for hydroxylation is 1. The number of hydrogen-bond donors (Lipinski definition) is 0. The van der Waals surface area contributed by atoms with Gasteiger partial charge in [0.15, 0.2) is 0 Å². The molecule has 240 valence electrons. The summed E-state index contributed by atoms with van der Waals surface area (Å²) in [7, 11) is 0. The lowest BCUT2D eigenvalue weighted by atomic mass is 10.1. The maximum absolute atomic E-state index is 12.4. The fraction of sp³-hybridized carbons (Fsp3) is 0.344. The summed E-state index contributed by atoms with van der Waals surface area (Å²) in [6.45, 7) is 3.63. The van der Waals surface area contributed by atoms with Crippen molar-refractivity contribution in [2.45, 2.75) is 50.5 Å². The molecule has 0 aliphatic carbocycles. The molecule has 0 amide bonds. The number of nitro groups is 1. The lowest BCUT2D eigenvalue weighted by molar-refractivity contribution is -0.389. The van der Waals surface area contributed by atoms with Crippen LogP contribution in [0.1, 0.15) is 18.4 Å². The Hall–Kier alpha value is -4.98. The third-order valence-corrected chi connectivity index (χ3v) is 8.44. The molecular weight excluding hydrogens is 607 g/mol. The summed E-state index contributed by atoms with van der Waals surface area (Å²) in [4.78, 5) is 19.3. The Kier molecular flexibility index (Phi) is 7.80. The zero-order chi connectivity index (χ0) is 31.8. The molecule has 3 atom stereocenters. The number of rotatable bonds is 10. The Labute approximate surface area is 261 Å². The molecule has 0 N–H and O–H groups in total. The van der Waals surface area contributed by atoms with Crippen molar-refractivity contribution in [2.24, 2.45) is 0 Å². The lowest BCUT2D eigenvalue weighted by Crippen LogP contribution is -2.46.